The lowest BCUT2D eigenvalue weighted by molar-refractivity contribution is -0.149. The van der Waals surface area contributed by atoms with Gasteiger partial charge in [-0.15, -0.1) is 0 Å². The van der Waals surface area contributed by atoms with Crippen molar-refractivity contribution in [3.8, 4) is 5.69 Å². The first kappa shape index (κ1) is 18.2. The largest absolute Gasteiger partial charge is 0.466 e. The number of aromatic nitrogens is 1. The van der Waals surface area contributed by atoms with Crippen LogP contribution in [0.25, 0.3) is 5.69 Å². The van der Waals surface area contributed by atoms with E-state index in [1.165, 1.54) is 0 Å². The Morgan fingerprint density at radius 3 is 2.38 bits per heavy atom. The van der Waals surface area contributed by atoms with Crippen molar-refractivity contribution in [2.45, 2.75) is 33.6 Å². The summed E-state index contributed by atoms with van der Waals surface area (Å²) >= 11 is 0. The molecule has 1 saturated heterocycles. The number of amides is 1. The molecule has 0 radical (unpaired) electrons. The fourth-order valence-corrected chi connectivity index (χ4v) is 3.70. The Morgan fingerprint density at radius 1 is 1.12 bits per heavy atom. The number of benzene rings is 1. The zero-order chi connectivity index (χ0) is 18.7. The number of aryl methyl sites for hydroxylation is 1. The summed E-state index contributed by atoms with van der Waals surface area (Å²) in [7, 11) is 0. The van der Waals surface area contributed by atoms with Crippen LogP contribution in [0.15, 0.2) is 36.4 Å². The van der Waals surface area contributed by atoms with Gasteiger partial charge in [0.2, 0.25) is 0 Å². The van der Waals surface area contributed by atoms with Crippen LogP contribution in [-0.4, -0.2) is 41.0 Å². The summed E-state index contributed by atoms with van der Waals surface area (Å²) in [4.78, 5) is 26.7. The van der Waals surface area contributed by atoms with E-state index in [1.807, 2.05) is 62.1 Å². The van der Waals surface area contributed by atoms with Crippen molar-refractivity contribution in [1.29, 1.82) is 0 Å². The van der Waals surface area contributed by atoms with Crippen LogP contribution in [-0.2, 0) is 9.53 Å². The molecule has 1 aromatic heterocycles. The number of hydrogen-bond acceptors (Lipinski definition) is 3. The van der Waals surface area contributed by atoms with Crippen LogP contribution in [0.3, 0.4) is 0 Å². The lowest BCUT2D eigenvalue weighted by atomic mass is 9.96. The molecule has 5 heteroatoms. The number of likely N-dealkylation sites (tertiary alicyclic amines) is 1. The minimum atomic E-state index is -0.137. The normalized spacial score (nSPS) is 15.1. The number of piperidine rings is 1. The van der Waals surface area contributed by atoms with Gasteiger partial charge >= 0.3 is 5.97 Å². The molecule has 1 aliphatic heterocycles. The first-order valence-corrected chi connectivity index (χ1v) is 9.23. The SMILES string of the molecule is CCOC(=O)C1CCN(C(=O)c2cc(C)n(-c3ccccc3)c2C)CC1. The van der Waals surface area contributed by atoms with E-state index in [-0.39, 0.29) is 17.8 Å². The number of nitrogens with zero attached hydrogens (tertiary/aromatic N) is 2. The Balaban J connectivity index is 1.75. The van der Waals surface area contributed by atoms with E-state index in [4.69, 9.17) is 4.74 Å². The van der Waals surface area contributed by atoms with Crippen LogP contribution in [0.1, 0.15) is 41.5 Å². The van der Waals surface area contributed by atoms with Gasteiger partial charge in [0.1, 0.15) is 0 Å². The maximum atomic E-state index is 13.0. The molecule has 2 aromatic rings. The molecule has 0 spiro atoms. The highest BCUT2D eigenvalue weighted by Gasteiger charge is 2.30. The standard InChI is InChI=1S/C21H26N2O3/c1-4-26-21(25)17-10-12-22(13-11-17)20(24)19-14-15(2)23(16(19)3)18-8-6-5-7-9-18/h5-9,14,17H,4,10-13H2,1-3H3. The third-order valence-electron chi connectivity index (χ3n) is 5.08. The van der Waals surface area contributed by atoms with Crippen molar-refractivity contribution >= 4 is 11.9 Å². The van der Waals surface area contributed by atoms with Crippen LogP contribution in [0.4, 0.5) is 0 Å². The van der Waals surface area contributed by atoms with Gasteiger partial charge in [-0.25, -0.2) is 0 Å². The van der Waals surface area contributed by atoms with E-state index in [9.17, 15) is 9.59 Å². The molecule has 0 saturated carbocycles. The summed E-state index contributed by atoms with van der Waals surface area (Å²) < 4.78 is 7.21. The van der Waals surface area contributed by atoms with Crippen LogP contribution >= 0.6 is 0 Å². The molecule has 3 rings (SSSR count). The monoisotopic (exact) mass is 354 g/mol. The Kier molecular flexibility index (Phi) is 5.45. The molecule has 0 unspecified atom stereocenters. The summed E-state index contributed by atoms with van der Waals surface area (Å²) in [6.45, 7) is 7.42. The molecular weight excluding hydrogens is 328 g/mol. The minimum Gasteiger partial charge on any atom is -0.466 e. The van der Waals surface area contributed by atoms with Crippen molar-refractivity contribution in [3.05, 3.63) is 53.3 Å². The molecule has 1 amide bonds. The molecule has 0 aliphatic carbocycles. The Bertz CT molecular complexity index is 787. The highest BCUT2D eigenvalue weighted by molar-refractivity contribution is 5.96. The van der Waals surface area contributed by atoms with Gasteiger partial charge in [-0.3, -0.25) is 9.59 Å². The van der Waals surface area contributed by atoms with Gasteiger partial charge in [-0.2, -0.15) is 0 Å². The number of para-hydroxylation sites is 1. The second kappa shape index (κ2) is 7.77. The van der Waals surface area contributed by atoms with Gasteiger partial charge < -0.3 is 14.2 Å². The van der Waals surface area contributed by atoms with E-state index in [0.29, 0.717) is 32.5 Å². The van der Waals surface area contributed by atoms with Gasteiger partial charge in [0.15, 0.2) is 0 Å². The molecule has 26 heavy (non-hydrogen) atoms. The molecule has 0 N–H and O–H groups in total. The zero-order valence-electron chi connectivity index (χ0n) is 15.7. The van der Waals surface area contributed by atoms with E-state index in [1.54, 1.807) is 0 Å². The molecule has 1 aromatic carbocycles. The average Bonchev–Trinajstić information content (AvgIpc) is 2.96. The lowest BCUT2D eigenvalue weighted by Crippen LogP contribution is -2.40. The third-order valence-corrected chi connectivity index (χ3v) is 5.08. The van der Waals surface area contributed by atoms with Crippen molar-refractivity contribution in [1.82, 2.24) is 9.47 Å². The van der Waals surface area contributed by atoms with Gasteiger partial charge in [0.05, 0.1) is 18.1 Å². The summed E-state index contributed by atoms with van der Waals surface area (Å²) in [5.41, 5.74) is 3.79. The van der Waals surface area contributed by atoms with Crippen molar-refractivity contribution in [3.63, 3.8) is 0 Å². The summed E-state index contributed by atoms with van der Waals surface area (Å²) in [5.74, 6) is -0.180. The third kappa shape index (κ3) is 3.52. The fourth-order valence-electron chi connectivity index (χ4n) is 3.70. The van der Waals surface area contributed by atoms with E-state index in [0.717, 1.165) is 22.6 Å². The van der Waals surface area contributed by atoms with Crippen molar-refractivity contribution < 1.29 is 14.3 Å². The predicted molar refractivity (Wildman–Crippen MR) is 101 cm³/mol. The van der Waals surface area contributed by atoms with Crippen LogP contribution in [0, 0.1) is 19.8 Å². The molecule has 1 aliphatic rings. The molecule has 138 valence electrons. The van der Waals surface area contributed by atoms with Gasteiger partial charge in [-0.05, 0) is 51.8 Å². The molecule has 5 nitrogen and oxygen atoms in total. The molecule has 1 fully saturated rings. The smallest absolute Gasteiger partial charge is 0.309 e. The van der Waals surface area contributed by atoms with Crippen LogP contribution in [0.2, 0.25) is 0 Å². The zero-order valence-corrected chi connectivity index (χ0v) is 15.7. The summed E-state index contributed by atoms with van der Waals surface area (Å²) in [6.07, 6.45) is 1.34. The van der Waals surface area contributed by atoms with E-state index >= 15 is 0 Å². The Morgan fingerprint density at radius 2 is 1.77 bits per heavy atom. The predicted octanol–water partition coefficient (Wildman–Crippen LogP) is 3.51. The first-order valence-electron chi connectivity index (χ1n) is 9.23. The van der Waals surface area contributed by atoms with E-state index in [2.05, 4.69) is 4.57 Å². The Labute approximate surface area is 154 Å². The number of hydrogen-bond donors (Lipinski definition) is 0. The van der Waals surface area contributed by atoms with Crippen molar-refractivity contribution in [2.24, 2.45) is 5.92 Å². The lowest BCUT2D eigenvalue weighted by Gasteiger charge is -2.31. The highest BCUT2D eigenvalue weighted by Crippen LogP contribution is 2.25. The summed E-state index contributed by atoms with van der Waals surface area (Å²) in [5, 5.41) is 0. The quantitative estimate of drug-likeness (QED) is 0.790. The van der Waals surface area contributed by atoms with E-state index < -0.39 is 0 Å². The molecule has 0 bridgehead atoms. The van der Waals surface area contributed by atoms with Crippen molar-refractivity contribution in [2.75, 3.05) is 19.7 Å². The maximum Gasteiger partial charge on any atom is 0.309 e. The number of ether oxygens (including phenoxy) is 1. The van der Waals surface area contributed by atoms with Gasteiger partial charge in [0.25, 0.3) is 5.91 Å². The molecular formula is C21H26N2O3. The second-order valence-corrected chi connectivity index (χ2v) is 6.77. The fraction of sp³-hybridized carbons (Fsp3) is 0.429. The molecule has 2 heterocycles. The number of esters is 1. The van der Waals surface area contributed by atoms with Crippen LogP contribution < -0.4 is 0 Å². The maximum absolute atomic E-state index is 13.0. The topological polar surface area (TPSA) is 51.5 Å². The number of carbonyl (C=O) groups is 2. The minimum absolute atomic E-state index is 0.0441. The second-order valence-electron chi connectivity index (χ2n) is 6.77. The Hall–Kier alpha value is -2.56. The average molecular weight is 354 g/mol. The number of carbonyl (C=O) groups excluding carboxylic acids is 2. The van der Waals surface area contributed by atoms with Crippen LogP contribution in [0.5, 0.6) is 0 Å². The summed E-state index contributed by atoms with van der Waals surface area (Å²) in [6, 6.07) is 12.0. The molecule has 0 atom stereocenters. The van der Waals surface area contributed by atoms with Gasteiger partial charge in [0, 0.05) is 30.2 Å². The highest BCUT2D eigenvalue weighted by atomic mass is 16.5. The number of rotatable bonds is 4. The first-order chi connectivity index (χ1) is 12.5. The van der Waals surface area contributed by atoms with Gasteiger partial charge in [-0.1, -0.05) is 18.2 Å².